The summed E-state index contributed by atoms with van der Waals surface area (Å²) < 4.78 is 26.4. The molecular formula is C26H27N5O4S. The van der Waals surface area contributed by atoms with E-state index in [1.54, 1.807) is 53.6 Å². The van der Waals surface area contributed by atoms with E-state index in [9.17, 15) is 18.0 Å². The van der Waals surface area contributed by atoms with E-state index in [0.29, 0.717) is 50.3 Å². The van der Waals surface area contributed by atoms with E-state index in [0.717, 1.165) is 5.82 Å². The van der Waals surface area contributed by atoms with Gasteiger partial charge in [0.2, 0.25) is 5.91 Å². The van der Waals surface area contributed by atoms with Crippen LogP contribution in [0.25, 0.3) is 0 Å². The summed E-state index contributed by atoms with van der Waals surface area (Å²) in [5, 5.41) is 10.2. The van der Waals surface area contributed by atoms with Crippen molar-refractivity contribution in [3.8, 4) is 0 Å². The van der Waals surface area contributed by atoms with E-state index in [-0.39, 0.29) is 22.6 Å². The number of likely N-dealkylation sites (tertiary alicyclic amines) is 1. The minimum Gasteiger partial charge on any atom is -0.353 e. The second kappa shape index (κ2) is 10.1. The number of hydrogen-bond donors (Lipinski definition) is 1. The van der Waals surface area contributed by atoms with Gasteiger partial charge in [-0.15, -0.1) is 5.10 Å². The topological polar surface area (TPSA) is 113 Å². The van der Waals surface area contributed by atoms with Crippen LogP contribution in [0.2, 0.25) is 0 Å². The summed E-state index contributed by atoms with van der Waals surface area (Å²) in [5.41, 5.74) is 1.17. The number of benzene rings is 2. The van der Waals surface area contributed by atoms with Gasteiger partial charge in [-0.05, 0) is 61.4 Å². The summed E-state index contributed by atoms with van der Waals surface area (Å²) in [6, 6.07) is 19.0. The molecule has 3 heterocycles. The van der Waals surface area contributed by atoms with Gasteiger partial charge in [-0.2, -0.15) is 5.10 Å². The van der Waals surface area contributed by atoms with Crippen LogP contribution in [0, 0.1) is 5.92 Å². The van der Waals surface area contributed by atoms with E-state index in [1.807, 2.05) is 29.2 Å². The van der Waals surface area contributed by atoms with Gasteiger partial charge >= 0.3 is 0 Å². The number of amides is 2. The van der Waals surface area contributed by atoms with Crippen molar-refractivity contribution >= 4 is 33.2 Å². The lowest BCUT2D eigenvalue weighted by Crippen LogP contribution is -2.52. The van der Waals surface area contributed by atoms with Crippen LogP contribution in [0.5, 0.6) is 0 Å². The third-order valence-electron chi connectivity index (χ3n) is 6.77. The van der Waals surface area contributed by atoms with Gasteiger partial charge in [0.25, 0.3) is 5.91 Å². The number of aromatic nitrogens is 2. The molecule has 10 heteroatoms. The quantitative estimate of drug-likeness (QED) is 0.548. The van der Waals surface area contributed by atoms with Gasteiger partial charge in [-0.3, -0.25) is 9.59 Å². The summed E-state index contributed by atoms with van der Waals surface area (Å²) in [7, 11) is -3.54. The maximum atomic E-state index is 13.2. The first-order valence-electron chi connectivity index (χ1n) is 11.9. The molecule has 2 amide bonds. The van der Waals surface area contributed by atoms with Gasteiger partial charge < -0.3 is 15.1 Å². The summed E-state index contributed by atoms with van der Waals surface area (Å²) in [5.74, 6) is 0.393. The van der Waals surface area contributed by atoms with Crippen molar-refractivity contribution in [1.29, 1.82) is 0 Å². The van der Waals surface area contributed by atoms with Crippen molar-refractivity contribution in [3.05, 3.63) is 78.5 Å². The second-order valence-electron chi connectivity index (χ2n) is 9.10. The van der Waals surface area contributed by atoms with Crippen LogP contribution in [0.4, 0.5) is 11.5 Å². The minimum absolute atomic E-state index is 0.0715. The Morgan fingerprint density at radius 1 is 0.889 bits per heavy atom. The number of anilines is 2. The van der Waals surface area contributed by atoms with Gasteiger partial charge in [-0.1, -0.05) is 18.2 Å². The Labute approximate surface area is 210 Å². The highest BCUT2D eigenvalue weighted by Crippen LogP contribution is 2.27. The number of nitrogens with zero attached hydrogens (tertiary/aromatic N) is 4. The summed E-state index contributed by atoms with van der Waals surface area (Å²) in [6.07, 6.45) is 2.39. The van der Waals surface area contributed by atoms with E-state index in [4.69, 9.17) is 0 Å². The van der Waals surface area contributed by atoms with Crippen molar-refractivity contribution in [2.45, 2.75) is 23.0 Å². The number of carbonyl (C=O) groups is 2. The van der Waals surface area contributed by atoms with Crippen LogP contribution < -0.4 is 10.2 Å². The number of carbonyl (C=O) groups excluding carboxylic acids is 2. The molecule has 0 spiro atoms. The van der Waals surface area contributed by atoms with E-state index in [2.05, 4.69) is 15.5 Å². The lowest BCUT2D eigenvalue weighted by molar-refractivity contribution is -0.120. The number of rotatable bonds is 6. The Kier molecular flexibility index (Phi) is 6.69. The Hall–Kier alpha value is -3.79. The summed E-state index contributed by atoms with van der Waals surface area (Å²) >= 11 is 0. The Morgan fingerprint density at radius 3 is 2.22 bits per heavy atom. The zero-order valence-corrected chi connectivity index (χ0v) is 20.5. The van der Waals surface area contributed by atoms with Crippen LogP contribution in [-0.4, -0.2) is 66.8 Å². The zero-order chi connectivity index (χ0) is 25.1. The number of hydrogen-bond acceptors (Lipinski definition) is 7. The third-order valence-corrected chi connectivity index (χ3v) is 9.05. The van der Waals surface area contributed by atoms with Gasteiger partial charge in [0.1, 0.15) is 0 Å². The largest absolute Gasteiger partial charge is 0.353 e. The molecule has 9 nitrogen and oxygen atoms in total. The molecule has 0 aliphatic carbocycles. The van der Waals surface area contributed by atoms with E-state index < -0.39 is 15.1 Å². The highest BCUT2D eigenvalue weighted by atomic mass is 32.2. The fraction of sp³-hybridized carbons (Fsp3) is 0.308. The lowest BCUT2D eigenvalue weighted by atomic mass is 9.99. The molecule has 186 valence electrons. The molecule has 0 saturated carbocycles. The molecule has 0 atom stereocenters. The van der Waals surface area contributed by atoms with Crippen LogP contribution >= 0.6 is 0 Å². The minimum atomic E-state index is -3.54. The lowest BCUT2D eigenvalue weighted by Gasteiger charge is -2.38. The van der Waals surface area contributed by atoms with Gasteiger partial charge in [-0.25, -0.2) is 8.42 Å². The van der Waals surface area contributed by atoms with Gasteiger partial charge in [0.15, 0.2) is 15.7 Å². The van der Waals surface area contributed by atoms with Crippen molar-refractivity contribution in [2.24, 2.45) is 5.92 Å². The maximum absolute atomic E-state index is 13.2. The molecule has 5 rings (SSSR count). The van der Waals surface area contributed by atoms with Crippen LogP contribution in [-0.2, 0) is 14.6 Å². The SMILES string of the molecule is O=C(Nc1ccc(S(=O)(=O)C2CCN(C(=O)c3ccccc3)CC2)cc1)C1CN(c2cccnn2)C1. The molecule has 3 aromatic rings. The fourth-order valence-corrected chi connectivity index (χ4v) is 6.32. The first-order valence-corrected chi connectivity index (χ1v) is 13.5. The molecule has 2 aliphatic heterocycles. The third kappa shape index (κ3) is 4.94. The van der Waals surface area contributed by atoms with Crippen molar-refractivity contribution < 1.29 is 18.0 Å². The molecule has 2 fully saturated rings. The van der Waals surface area contributed by atoms with Crippen LogP contribution in [0.1, 0.15) is 23.2 Å². The molecule has 2 aromatic carbocycles. The van der Waals surface area contributed by atoms with Crippen LogP contribution in [0.3, 0.4) is 0 Å². The Morgan fingerprint density at radius 2 is 1.58 bits per heavy atom. The number of nitrogens with one attached hydrogen (secondary N) is 1. The molecule has 2 aliphatic rings. The standard InChI is InChI=1S/C26H27N5O4S/c32-25(20-17-31(18-20)24-7-4-14-27-29-24)28-21-8-10-22(11-9-21)36(34,35)23-12-15-30(16-13-23)26(33)19-5-2-1-3-6-19/h1-11,14,20,23H,12-13,15-18H2,(H,28,32). The first kappa shape index (κ1) is 23.9. The van der Waals surface area contributed by atoms with E-state index >= 15 is 0 Å². The number of sulfone groups is 1. The average Bonchev–Trinajstić information content (AvgIpc) is 2.89. The summed E-state index contributed by atoms with van der Waals surface area (Å²) in [6.45, 7) is 1.92. The monoisotopic (exact) mass is 505 g/mol. The first-order chi connectivity index (χ1) is 17.4. The highest BCUT2D eigenvalue weighted by Gasteiger charge is 2.35. The average molecular weight is 506 g/mol. The Bertz CT molecular complexity index is 1320. The van der Waals surface area contributed by atoms with Crippen molar-refractivity contribution in [3.63, 3.8) is 0 Å². The molecule has 0 unspecified atom stereocenters. The molecule has 0 bridgehead atoms. The molecule has 0 radical (unpaired) electrons. The number of piperidine rings is 1. The predicted molar refractivity (Wildman–Crippen MR) is 135 cm³/mol. The predicted octanol–water partition coefficient (Wildman–Crippen LogP) is 2.63. The molecule has 1 aromatic heterocycles. The van der Waals surface area contributed by atoms with Gasteiger partial charge in [0, 0.05) is 43.6 Å². The Balaban J connectivity index is 1.14. The normalized spacial score (nSPS) is 16.9. The maximum Gasteiger partial charge on any atom is 0.253 e. The molecule has 2 saturated heterocycles. The second-order valence-corrected chi connectivity index (χ2v) is 11.3. The molecule has 36 heavy (non-hydrogen) atoms. The fourth-order valence-electron chi connectivity index (χ4n) is 4.59. The molecular weight excluding hydrogens is 478 g/mol. The molecule has 1 N–H and O–H groups in total. The van der Waals surface area contributed by atoms with Crippen LogP contribution in [0.15, 0.2) is 77.8 Å². The summed E-state index contributed by atoms with van der Waals surface area (Å²) in [4.78, 5) is 29.1. The highest BCUT2D eigenvalue weighted by molar-refractivity contribution is 7.92. The van der Waals surface area contributed by atoms with E-state index in [1.165, 1.54) is 0 Å². The van der Waals surface area contributed by atoms with Crippen molar-refractivity contribution in [2.75, 3.05) is 36.4 Å². The van der Waals surface area contributed by atoms with Crippen molar-refractivity contribution in [1.82, 2.24) is 15.1 Å². The van der Waals surface area contributed by atoms with Gasteiger partial charge in [0.05, 0.1) is 16.1 Å². The zero-order valence-electron chi connectivity index (χ0n) is 19.7. The smallest absolute Gasteiger partial charge is 0.253 e.